The molecule has 1 atom stereocenters. The molecule has 1 unspecified atom stereocenters. The van der Waals surface area contributed by atoms with E-state index >= 15 is 0 Å². The first-order chi connectivity index (χ1) is 12.5. The molecule has 1 aromatic rings. The van der Waals surface area contributed by atoms with Crippen molar-refractivity contribution in [1.29, 1.82) is 0 Å². The molecule has 26 heavy (non-hydrogen) atoms. The smallest absolute Gasteiger partial charge is 0.310 e. The maximum absolute atomic E-state index is 12.6. The van der Waals surface area contributed by atoms with Gasteiger partial charge >= 0.3 is 5.97 Å². The van der Waals surface area contributed by atoms with E-state index in [1.54, 1.807) is 17.0 Å². The van der Waals surface area contributed by atoms with Gasteiger partial charge in [0.25, 0.3) is 5.91 Å². The van der Waals surface area contributed by atoms with Crippen molar-refractivity contribution in [1.82, 2.24) is 10.2 Å². The molecule has 1 saturated carbocycles. The molecule has 1 heterocycles. The number of rotatable bonds is 6. The summed E-state index contributed by atoms with van der Waals surface area (Å²) in [6.07, 6.45) is 4.02. The van der Waals surface area contributed by atoms with Gasteiger partial charge in [0.15, 0.2) is 0 Å². The summed E-state index contributed by atoms with van der Waals surface area (Å²) in [5.41, 5.74) is -0.212. The minimum atomic E-state index is -0.846. The van der Waals surface area contributed by atoms with Gasteiger partial charge < -0.3 is 15.3 Å². The van der Waals surface area contributed by atoms with Crippen molar-refractivity contribution in [2.24, 2.45) is 11.3 Å². The largest absolute Gasteiger partial charge is 0.481 e. The molecule has 6 heteroatoms. The van der Waals surface area contributed by atoms with E-state index in [-0.39, 0.29) is 24.2 Å². The number of carbonyl (C=O) groups excluding carboxylic acids is 2. The topological polar surface area (TPSA) is 86.7 Å². The number of nitrogens with zero attached hydrogens (tertiary/aromatic N) is 1. The van der Waals surface area contributed by atoms with Gasteiger partial charge in [-0.05, 0) is 43.7 Å². The zero-order valence-electron chi connectivity index (χ0n) is 14.9. The van der Waals surface area contributed by atoms with Crippen molar-refractivity contribution in [2.45, 2.75) is 38.5 Å². The van der Waals surface area contributed by atoms with E-state index in [9.17, 15) is 19.5 Å². The Bertz CT molecular complexity index is 670. The number of carboxylic acids is 1. The second-order valence-corrected chi connectivity index (χ2v) is 7.54. The Hall–Kier alpha value is -2.37. The summed E-state index contributed by atoms with van der Waals surface area (Å²) < 4.78 is 0. The molecule has 0 spiro atoms. The van der Waals surface area contributed by atoms with E-state index in [2.05, 4.69) is 5.32 Å². The molecule has 1 aliphatic carbocycles. The van der Waals surface area contributed by atoms with Crippen molar-refractivity contribution in [3.63, 3.8) is 0 Å². The number of piperidine rings is 1. The number of likely N-dealkylation sites (tertiary alicyclic amines) is 1. The van der Waals surface area contributed by atoms with Crippen LogP contribution >= 0.6 is 0 Å². The molecule has 6 nitrogen and oxygen atoms in total. The first kappa shape index (κ1) is 18.4. The van der Waals surface area contributed by atoms with Crippen LogP contribution in [0.3, 0.4) is 0 Å². The van der Waals surface area contributed by atoms with Crippen LogP contribution in [-0.4, -0.2) is 47.4 Å². The fourth-order valence-electron chi connectivity index (χ4n) is 3.86. The minimum absolute atomic E-state index is 0.0637. The lowest BCUT2D eigenvalue weighted by atomic mass is 9.66. The first-order valence-corrected chi connectivity index (χ1v) is 9.35. The van der Waals surface area contributed by atoms with Gasteiger partial charge in [0, 0.05) is 31.6 Å². The third kappa shape index (κ3) is 4.06. The highest BCUT2D eigenvalue weighted by Gasteiger charge is 2.46. The predicted molar refractivity (Wildman–Crippen MR) is 96.6 cm³/mol. The quantitative estimate of drug-likeness (QED) is 0.817. The van der Waals surface area contributed by atoms with Crippen molar-refractivity contribution in [2.75, 3.05) is 19.6 Å². The molecule has 0 radical (unpaired) electrons. The summed E-state index contributed by atoms with van der Waals surface area (Å²) in [6, 6.07) is 9.07. The molecule has 2 fully saturated rings. The summed E-state index contributed by atoms with van der Waals surface area (Å²) in [7, 11) is 0. The average Bonchev–Trinajstić information content (AvgIpc) is 2.63. The van der Waals surface area contributed by atoms with Gasteiger partial charge in [-0.15, -0.1) is 0 Å². The fourth-order valence-corrected chi connectivity index (χ4v) is 3.86. The highest BCUT2D eigenvalue weighted by Crippen LogP contribution is 2.44. The third-order valence-electron chi connectivity index (χ3n) is 5.71. The van der Waals surface area contributed by atoms with Crippen LogP contribution < -0.4 is 5.32 Å². The van der Waals surface area contributed by atoms with Gasteiger partial charge in [0.1, 0.15) is 0 Å². The number of aliphatic carboxylic acids is 1. The maximum Gasteiger partial charge on any atom is 0.310 e. The highest BCUT2D eigenvalue weighted by atomic mass is 16.4. The van der Waals surface area contributed by atoms with Crippen LogP contribution in [0.15, 0.2) is 30.3 Å². The number of carboxylic acid groups (broad SMARTS) is 1. The lowest BCUT2D eigenvalue weighted by Gasteiger charge is -2.40. The standard InChI is InChI=1S/C20H26N2O4/c23-17(12-20(19(25)26)9-5-10-20)22-11-4-6-15(14-22)13-21-18(24)16-7-2-1-3-8-16/h1-3,7-8,15H,4-6,9-14H2,(H,21,24)(H,25,26). The van der Waals surface area contributed by atoms with Gasteiger partial charge in [-0.25, -0.2) is 0 Å². The molecule has 1 aliphatic heterocycles. The van der Waals surface area contributed by atoms with Crippen LogP contribution in [0.4, 0.5) is 0 Å². The molecule has 2 amide bonds. The van der Waals surface area contributed by atoms with E-state index in [1.807, 2.05) is 18.2 Å². The Morgan fingerprint density at radius 3 is 2.50 bits per heavy atom. The Kier molecular flexibility index (Phi) is 5.59. The second-order valence-electron chi connectivity index (χ2n) is 7.54. The summed E-state index contributed by atoms with van der Waals surface area (Å²) in [5, 5.41) is 12.4. The Morgan fingerprint density at radius 1 is 1.15 bits per heavy atom. The summed E-state index contributed by atoms with van der Waals surface area (Å²) in [6.45, 7) is 1.79. The van der Waals surface area contributed by atoms with Crippen LogP contribution in [0.25, 0.3) is 0 Å². The number of carbonyl (C=O) groups is 3. The maximum atomic E-state index is 12.6. The number of hydrogen-bond acceptors (Lipinski definition) is 3. The molecule has 0 aromatic heterocycles. The Balaban J connectivity index is 1.50. The van der Waals surface area contributed by atoms with Gasteiger partial charge in [0.2, 0.25) is 5.91 Å². The zero-order valence-corrected chi connectivity index (χ0v) is 14.9. The predicted octanol–water partition coefficient (Wildman–Crippen LogP) is 2.30. The van der Waals surface area contributed by atoms with Crippen LogP contribution in [0.2, 0.25) is 0 Å². The van der Waals surface area contributed by atoms with Gasteiger partial charge in [-0.2, -0.15) is 0 Å². The van der Waals surface area contributed by atoms with Crippen LogP contribution in [-0.2, 0) is 9.59 Å². The van der Waals surface area contributed by atoms with Crippen molar-refractivity contribution in [3.05, 3.63) is 35.9 Å². The minimum Gasteiger partial charge on any atom is -0.481 e. The van der Waals surface area contributed by atoms with Crippen molar-refractivity contribution >= 4 is 17.8 Å². The van der Waals surface area contributed by atoms with E-state index in [4.69, 9.17) is 0 Å². The summed E-state index contributed by atoms with van der Waals surface area (Å²) in [4.78, 5) is 38.0. The lowest BCUT2D eigenvalue weighted by Crippen LogP contribution is -2.48. The van der Waals surface area contributed by atoms with Gasteiger partial charge in [-0.1, -0.05) is 24.6 Å². The molecule has 2 aliphatic rings. The van der Waals surface area contributed by atoms with Crippen molar-refractivity contribution < 1.29 is 19.5 Å². The second kappa shape index (κ2) is 7.89. The van der Waals surface area contributed by atoms with Crippen LogP contribution in [0, 0.1) is 11.3 Å². The van der Waals surface area contributed by atoms with Gasteiger partial charge in [0.05, 0.1) is 5.41 Å². The first-order valence-electron chi connectivity index (χ1n) is 9.35. The molecule has 140 valence electrons. The van der Waals surface area contributed by atoms with Crippen molar-refractivity contribution in [3.8, 4) is 0 Å². The Morgan fingerprint density at radius 2 is 1.88 bits per heavy atom. The lowest BCUT2D eigenvalue weighted by molar-refractivity contribution is -0.160. The SMILES string of the molecule is O=C(NCC1CCCN(C(=O)CC2(C(=O)O)CCC2)C1)c1ccccc1. The fraction of sp³-hybridized carbons (Fsp3) is 0.550. The van der Waals surface area contributed by atoms with Gasteiger partial charge in [-0.3, -0.25) is 14.4 Å². The number of nitrogens with one attached hydrogen (secondary N) is 1. The summed E-state index contributed by atoms with van der Waals surface area (Å²) in [5.74, 6) is -0.803. The van der Waals surface area contributed by atoms with E-state index in [0.29, 0.717) is 38.0 Å². The highest BCUT2D eigenvalue weighted by molar-refractivity contribution is 5.94. The third-order valence-corrected chi connectivity index (χ3v) is 5.71. The zero-order chi connectivity index (χ0) is 18.6. The van der Waals surface area contributed by atoms with E-state index in [1.165, 1.54) is 0 Å². The van der Waals surface area contributed by atoms with E-state index in [0.717, 1.165) is 19.3 Å². The molecule has 0 bridgehead atoms. The normalized spacial score (nSPS) is 21.5. The average molecular weight is 358 g/mol. The molecule has 1 saturated heterocycles. The van der Waals surface area contributed by atoms with E-state index < -0.39 is 11.4 Å². The number of amides is 2. The molecule has 3 rings (SSSR count). The molecular formula is C20H26N2O4. The number of benzene rings is 1. The molecular weight excluding hydrogens is 332 g/mol. The monoisotopic (exact) mass is 358 g/mol. The number of hydrogen-bond donors (Lipinski definition) is 2. The summed E-state index contributed by atoms with van der Waals surface area (Å²) >= 11 is 0. The molecule has 1 aromatic carbocycles. The van der Waals surface area contributed by atoms with Crippen LogP contribution in [0.5, 0.6) is 0 Å². The van der Waals surface area contributed by atoms with Crippen LogP contribution in [0.1, 0.15) is 48.9 Å². The Labute approximate surface area is 153 Å². The molecule has 2 N–H and O–H groups in total.